The van der Waals surface area contributed by atoms with Gasteiger partial charge in [0.15, 0.2) is 5.78 Å². The molecular formula is C11H12F2O3S. The number of carbonyl (C=O) groups excluding carboxylic acids is 1. The maximum absolute atomic E-state index is 12.8. The smallest absolute Gasteiger partial charge is 0.163 e. The molecule has 0 heterocycles. The van der Waals surface area contributed by atoms with Crippen LogP contribution in [-0.4, -0.2) is 26.2 Å². The molecule has 0 aliphatic heterocycles. The molecule has 94 valence electrons. The Balaban J connectivity index is 2.64. The van der Waals surface area contributed by atoms with Crippen LogP contribution in [0.1, 0.15) is 23.2 Å². The molecule has 0 aliphatic rings. The summed E-state index contributed by atoms with van der Waals surface area (Å²) in [5.41, 5.74) is -0.0731. The zero-order valence-corrected chi connectivity index (χ0v) is 10.1. The fourth-order valence-corrected chi connectivity index (χ4v) is 2.02. The van der Waals surface area contributed by atoms with Gasteiger partial charge in [0.1, 0.15) is 21.5 Å². The van der Waals surface area contributed by atoms with E-state index in [1.54, 1.807) is 0 Å². The van der Waals surface area contributed by atoms with Gasteiger partial charge in [-0.05, 0) is 18.6 Å². The first-order chi connectivity index (χ1) is 7.78. The molecule has 0 atom stereocenters. The lowest BCUT2D eigenvalue weighted by molar-refractivity contribution is 0.0981. The molecule has 1 aromatic rings. The highest BCUT2D eigenvalue weighted by molar-refractivity contribution is 7.90. The van der Waals surface area contributed by atoms with Crippen LogP contribution in [0.3, 0.4) is 0 Å². The lowest BCUT2D eigenvalue weighted by Crippen LogP contribution is -2.07. The Morgan fingerprint density at radius 3 is 2.18 bits per heavy atom. The van der Waals surface area contributed by atoms with Crippen LogP contribution in [-0.2, 0) is 9.84 Å². The number of carbonyl (C=O) groups is 1. The zero-order valence-electron chi connectivity index (χ0n) is 9.24. The van der Waals surface area contributed by atoms with Crippen molar-refractivity contribution in [2.75, 3.05) is 12.0 Å². The summed E-state index contributed by atoms with van der Waals surface area (Å²) in [4.78, 5) is 11.5. The van der Waals surface area contributed by atoms with Crippen molar-refractivity contribution in [3.63, 3.8) is 0 Å². The minimum absolute atomic E-state index is 0.0457. The van der Waals surface area contributed by atoms with Gasteiger partial charge in [-0.1, -0.05) is 0 Å². The molecule has 3 nitrogen and oxygen atoms in total. The largest absolute Gasteiger partial charge is 0.294 e. The number of Topliss-reactive ketones (excluding diaryl/α,β-unsaturated/α-hetero) is 1. The van der Waals surface area contributed by atoms with Crippen LogP contribution in [0, 0.1) is 11.6 Å². The first kappa shape index (κ1) is 13.8. The number of halogens is 2. The third-order valence-corrected chi connectivity index (χ3v) is 3.13. The van der Waals surface area contributed by atoms with Gasteiger partial charge in [0.25, 0.3) is 0 Å². The highest BCUT2D eigenvalue weighted by Gasteiger charge is 2.10. The van der Waals surface area contributed by atoms with Crippen molar-refractivity contribution >= 4 is 15.6 Å². The average Bonchev–Trinajstić information content (AvgIpc) is 2.13. The maximum atomic E-state index is 12.8. The predicted octanol–water partition coefficient (Wildman–Crippen LogP) is 1.97. The molecule has 0 bridgehead atoms. The Morgan fingerprint density at radius 1 is 1.18 bits per heavy atom. The number of ketones is 1. The second-order valence-corrected chi connectivity index (χ2v) is 6.07. The maximum Gasteiger partial charge on any atom is 0.163 e. The Bertz CT molecular complexity index is 503. The van der Waals surface area contributed by atoms with Gasteiger partial charge in [0, 0.05) is 24.3 Å². The normalized spacial score (nSPS) is 11.5. The van der Waals surface area contributed by atoms with E-state index in [0.29, 0.717) is 6.07 Å². The standard InChI is InChI=1S/C11H12F2O3S/c1-17(15,16)4-2-3-11(14)8-5-9(12)7-10(13)6-8/h5-7H,2-4H2,1H3. The molecule has 0 fully saturated rings. The van der Waals surface area contributed by atoms with E-state index in [0.717, 1.165) is 18.4 Å². The molecule has 0 spiro atoms. The van der Waals surface area contributed by atoms with E-state index < -0.39 is 27.3 Å². The first-order valence-electron chi connectivity index (χ1n) is 4.95. The van der Waals surface area contributed by atoms with Crippen molar-refractivity contribution in [2.45, 2.75) is 12.8 Å². The molecular weight excluding hydrogens is 250 g/mol. The van der Waals surface area contributed by atoms with Crippen molar-refractivity contribution < 1.29 is 22.0 Å². The van der Waals surface area contributed by atoms with Gasteiger partial charge in [-0.15, -0.1) is 0 Å². The SMILES string of the molecule is CS(=O)(=O)CCCC(=O)c1cc(F)cc(F)c1. The number of hydrogen-bond donors (Lipinski definition) is 0. The van der Waals surface area contributed by atoms with Gasteiger partial charge in [-0.25, -0.2) is 17.2 Å². The van der Waals surface area contributed by atoms with Gasteiger partial charge in [0.05, 0.1) is 5.75 Å². The third-order valence-electron chi connectivity index (χ3n) is 2.10. The topological polar surface area (TPSA) is 51.2 Å². The summed E-state index contributed by atoms with van der Waals surface area (Å²) in [6.07, 6.45) is 1.17. The molecule has 0 unspecified atom stereocenters. The van der Waals surface area contributed by atoms with E-state index in [-0.39, 0.29) is 24.2 Å². The van der Waals surface area contributed by atoms with Crippen LogP contribution >= 0.6 is 0 Å². The van der Waals surface area contributed by atoms with Crippen molar-refractivity contribution in [1.82, 2.24) is 0 Å². The van der Waals surface area contributed by atoms with E-state index in [2.05, 4.69) is 0 Å². The van der Waals surface area contributed by atoms with Crippen LogP contribution in [0.15, 0.2) is 18.2 Å². The summed E-state index contributed by atoms with van der Waals surface area (Å²) in [5, 5.41) is 0. The molecule has 0 N–H and O–H groups in total. The van der Waals surface area contributed by atoms with E-state index in [4.69, 9.17) is 0 Å². The summed E-state index contributed by atoms with van der Waals surface area (Å²) in [6.45, 7) is 0. The van der Waals surface area contributed by atoms with Crippen LogP contribution in [0.25, 0.3) is 0 Å². The molecule has 0 aromatic heterocycles. The minimum atomic E-state index is -3.12. The number of benzene rings is 1. The van der Waals surface area contributed by atoms with Crippen LogP contribution in [0.5, 0.6) is 0 Å². The summed E-state index contributed by atoms with van der Waals surface area (Å²) in [6, 6.07) is 2.55. The molecule has 17 heavy (non-hydrogen) atoms. The average molecular weight is 262 g/mol. The minimum Gasteiger partial charge on any atom is -0.294 e. The molecule has 1 aromatic carbocycles. The monoisotopic (exact) mass is 262 g/mol. The van der Waals surface area contributed by atoms with Crippen molar-refractivity contribution in [1.29, 1.82) is 0 Å². The zero-order chi connectivity index (χ0) is 13.1. The number of sulfone groups is 1. The Morgan fingerprint density at radius 2 is 1.71 bits per heavy atom. The Labute approximate surface area is 98.4 Å². The molecule has 6 heteroatoms. The van der Waals surface area contributed by atoms with Gasteiger partial charge in [0.2, 0.25) is 0 Å². The summed E-state index contributed by atoms with van der Waals surface area (Å²) < 4.78 is 47.3. The fourth-order valence-electron chi connectivity index (χ4n) is 1.35. The summed E-state index contributed by atoms with van der Waals surface area (Å²) in [7, 11) is -3.12. The van der Waals surface area contributed by atoms with Crippen molar-refractivity contribution in [3.8, 4) is 0 Å². The lowest BCUT2D eigenvalue weighted by Gasteiger charge is -2.01. The van der Waals surface area contributed by atoms with E-state index >= 15 is 0 Å². The molecule has 1 rings (SSSR count). The first-order valence-corrected chi connectivity index (χ1v) is 7.01. The summed E-state index contributed by atoms with van der Waals surface area (Å²) in [5.74, 6) is -2.23. The highest BCUT2D eigenvalue weighted by atomic mass is 32.2. The van der Waals surface area contributed by atoms with Crippen LogP contribution < -0.4 is 0 Å². The molecule has 0 aliphatic carbocycles. The predicted molar refractivity (Wildman–Crippen MR) is 59.6 cm³/mol. The summed E-state index contributed by atoms with van der Waals surface area (Å²) >= 11 is 0. The molecule has 0 radical (unpaired) electrons. The van der Waals surface area contributed by atoms with Crippen LogP contribution in [0.2, 0.25) is 0 Å². The fraction of sp³-hybridized carbons (Fsp3) is 0.364. The second-order valence-electron chi connectivity index (χ2n) is 3.81. The van der Waals surface area contributed by atoms with Gasteiger partial charge < -0.3 is 0 Å². The van der Waals surface area contributed by atoms with Gasteiger partial charge in [-0.2, -0.15) is 0 Å². The quantitative estimate of drug-likeness (QED) is 0.762. The number of rotatable bonds is 5. The molecule has 0 amide bonds. The van der Waals surface area contributed by atoms with Crippen molar-refractivity contribution in [2.24, 2.45) is 0 Å². The molecule has 0 saturated heterocycles. The van der Waals surface area contributed by atoms with E-state index in [9.17, 15) is 22.0 Å². The Hall–Kier alpha value is -1.30. The van der Waals surface area contributed by atoms with E-state index in [1.807, 2.05) is 0 Å². The molecule has 0 saturated carbocycles. The second kappa shape index (κ2) is 5.35. The lowest BCUT2D eigenvalue weighted by atomic mass is 10.1. The van der Waals surface area contributed by atoms with E-state index in [1.165, 1.54) is 0 Å². The Kier molecular flexibility index (Phi) is 4.34. The highest BCUT2D eigenvalue weighted by Crippen LogP contribution is 2.11. The van der Waals surface area contributed by atoms with Gasteiger partial charge >= 0.3 is 0 Å². The number of hydrogen-bond acceptors (Lipinski definition) is 3. The third kappa shape index (κ3) is 5.04. The van der Waals surface area contributed by atoms with Crippen LogP contribution in [0.4, 0.5) is 8.78 Å². The van der Waals surface area contributed by atoms with Crippen molar-refractivity contribution in [3.05, 3.63) is 35.4 Å². The van der Waals surface area contributed by atoms with Gasteiger partial charge in [-0.3, -0.25) is 4.79 Å².